The van der Waals surface area contributed by atoms with Crippen LogP contribution < -0.4 is 10.2 Å². The molecule has 1 aromatic heterocycles. The number of aldehydes is 2. The molecule has 0 unspecified atom stereocenters. The molecule has 18 heavy (non-hydrogen) atoms. The Kier molecular flexibility index (Phi) is 5.02. The average molecular weight is 267 g/mol. The first kappa shape index (κ1) is 14.4. The predicted molar refractivity (Wildman–Crippen MR) is 69.2 cm³/mol. The number of nitrogens with zero attached hydrogens (tertiary/aromatic N) is 2. The molecule has 3 N–H and O–H groups in total. The van der Waals surface area contributed by atoms with Crippen LogP contribution in [0.1, 0.15) is 12.5 Å². The van der Waals surface area contributed by atoms with Crippen LogP contribution in [0.15, 0.2) is 22.7 Å². The molecule has 96 valence electrons. The number of hydroxylamine groups is 1. The topological polar surface area (TPSA) is 96.5 Å². The van der Waals surface area contributed by atoms with E-state index in [1.54, 1.807) is 13.0 Å². The third-order valence-electron chi connectivity index (χ3n) is 2.38. The normalized spacial score (nSPS) is 9.78. The van der Waals surface area contributed by atoms with Gasteiger partial charge in [-0.25, -0.2) is 10.0 Å². The van der Waals surface area contributed by atoms with Crippen molar-refractivity contribution in [1.82, 2.24) is 4.98 Å². The lowest BCUT2D eigenvalue weighted by Crippen LogP contribution is -2.14. The van der Waals surface area contributed by atoms with E-state index in [2.05, 4.69) is 4.98 Å². The van der Waals surface area contributed by atoms with Gasteiger partial charge in [-0.05, 0) is 30.5 Å². The Labute approximate surface area is 109 Å². The molecule has 0 atom stereocenters. The van der Waals surface area contributed by atoms with E-state index in [0.717, 1.165) is 17.0 Å². The summed E-state index contributed by atoms with van der Waals surface area (Å²) in [6.07, 6.45) is 2.42. The first-order valence-electron chi connectivity index (χ1n) is 4.96. The molecule has 1 heterocycles. The number of rotatable bonds is 5. The number of nitrogens with two attached hydrogens (primary N) is 1. The van der Waals surface area contributed by atoms with Gasteiger partial charge in [-0.3, -0.25) is 19.9 Å². The maximum Gasteiger partial charge on any atom is 0.159 e. The number of anilines is 1. The Morgan fingerprint density at radius 2 is 2.11 bits per heavy atom. The second kappa shape index (κ2) is 6.29. The molecule has 0 radical (unpaired) electrons. The Hall–Kier alpha value is -1.70. The van der Waals surface area contributed by atoms with Gasteiger partial charge >= 0.3 is 0 Å². The van der Waals surface area contributed by atoms with Crippen molar-refractivity contribution in [2.75, 3.05) is 12.1 Å². The van der Waals surface area contributed by atoms with Crippen molar-refractivity contribution < 1.29 is 14.8 Å². The number of aromatic nitrogens is 1. The van der Waals surface area contributed by atoms with Gasteiger partial charge in [0.05, 0.1) is 5.57 Å². The van der Waals surface area contributed by atoms with Gasteiger partial charge in [-0.2, -0.15) is 0 Å². The molecular formula is C11H13N3O3S. The molecular weight excluding hydrogens is 254 g/mol. The van der Waals surface area contributed by atoms with E-state index in [1.165, 1.54) is 13.2 Å². The second-order valence-corrected chi connectivity index (χ2v) is 4.21. The zero-order valence-corrected chi connectivity index (χ0v) is 10.8. The average Bonchev–Trinajstić information content (AvgIpc) is 2.39. The van der Waals surface area contributed by atoms with E-state index in [9.17, 15) is 14.8 Å². The van der Waals surface area contributed by atoms with Gasteiger partial charge in [0.1, 0.15) is 0 Å². The van der Waals surface area contributed by atoms with Gasteiger partial charge in [0.25, 0.3) is 0 Å². The SMILES string of the molecule is CC(=C(C=O)C=O)c1cc(SN)cnc1N(C)O. The van der Waals surface area contributed by atoms with Crippen molar-refractivity contribution in [2.24, 2.45) is 5.14 Å². The highest BCUT2D eigenvalue weighted by molar-refractivity contribution is 7.97. The molecule has 1 aromatic rings. The molecule has 0 fully saturated rings. The van der Waals surface area contributed by atoms with Gasteiger partial charge < -0.3 is 0 Å². The minimum atomic E-state index is -0.000860. The van der Waals surface area contributed by atoms with Crippen LogP contribution in [0.25, 0.3) is 5.57 Å². The quantitative estimate of drug-likeness (QED) is 0.205. The summed E-state index contributed by atoms with van der Waals surface area (Å²) in [5, 5.41) is 15.7. The monoisotopic (exact) mass is 267 g/mol. The van der Waals surface area contributed by atoms with E-state index in [-0.39, 0.29) is 11.4 Å². The fourth-order valence-electron chi connectivity index (χ4n) is 1.40. The van der Waals surface area contributed by atoms with Crippen LogP contribution in [-0.2, 0) is 9.59 Å². The zero-order chi connectivity index (χ0) is 13.7. The number of pyridine rings is 1. The third kappa shape index (κ3) is 2.95. The third-order valence-corrected chi connectivity index (χ3v) is 2.87. The lowest BCUT2D eigenvalue weighted by Gasteiger charge is -2.15. The van der Waals surface area contributed by atoms with Gasteiger partial charge in [0.2, 0.25) is 0 Å². The summed E-state index contributed by atoms with van der Waals surface area (Å²) in [5.74, 6) is 0.242. The van der Waals surface area contributed by atoms with E-state index in [4.69, 9.17) is 5.14 Å². The van der Waals surface area contributed by atoms with Crippen molar-refractivity contribution in [3.63, 3.8) is 0 Å². The molecule has 7 heteroatoms. The standard InChI is InChI=1S/C11H13N3O3S/c1-7(8(5-15)6-16)10-3-9(18-12)4-13-11(10)14(2)17/h3-6,17H,12H2,1-2H3. The number of allylic oxidation sites excluding steroid dienone is 2. The Morgan fingerprint density at radius 3 is 2.56 bits per heavy atom. The smallest absolute Gasteiger partial charge is 0.159 e. The fraction of sp³-hybridized carbons (Fsp3) is 0.182. The summed E-state index contributed by atoms with van der Waals surface area (Å²) in [6.45, 7) is 1.60. The molecule has 0 saturated heterocycles. The summed E-state index contributed by atoms with van der Waals surface area (Å²) >= 11 is 0.986. The minimum absolute atomic E-state index is 0.000860. The maximum atomic E-state index is 10.8. The molecule has 0 aliphatic carbocycles. The van der Waals surface area contributed by atoms with E-state index in [1.807, 2.05) is 0 Å². The van der Waals surface area contributed by atoms with Crippen LogP contribution in [0, 0.1) is 0 Å². The predicted octanol–water partition coefficient (Wildman–Crippen LogP) is 1.04. The first-order chi connectivity index (χ1) is 8.54. The molecule has 0 aliphatic heterocycles. The van der Waals surface area contributed by atoms with E-state index < -0.39 is 0 Å². The van der Waals surface area contributed by atoms with Crippen molar-refractivity contribution in [2.45, 2.75) is 11.8 Å². The highest BCUT2D eigenvalue weighted by Gasteiger charge is 2.13. The van der Waals surface area contributed by atoms with Gasteiger partial charge in [0, 0.05) is 23.7 Å². The molecule has 0 amide bonds. The Morgan fingerprint density at radius 1 is 1.50 bits per heavy atom. The second-order valence-electron chi connectivity index (χ2n) is 3.50. The molecule has 0 saturated carbocycles. The number of hydrogen-bond donors (Lipinski definition) is 2. The summed E-state index contributed by atoms with van der Waals surface area (Å²) in [5.41, 5.74) is 0.906. The van der Waals surface area contributed by atoms with Crippen LogP contribution in [-0.4, -0.2) is 29.8 Å². The van der Waals surface area contributed by atoms with Crippen molar-refractivity contribution in [3.8, 4) is 0 Å². The van der Waals surface area contributed by atoms with Crippen molar-refractivity contribution in [1.29, 1.82) is 0 Å². The van der Waals surface area contributed by atoms with Gasteiger partial charge in [0.15, 0.2) is 18.4 Å². The maximum absolute atomic E-state index is 10.8. The number of hydrogen-bond acceptors (Lipinski definition) is 7. The van der Waals surface area contributed by atoms with Crippen LogP contribution in [0.4, 0.5) is 5.82 Å². The summed E-state index contributed by atoms with van der Waals surface area (Å²) in [7, 11) is 1.40. The lowest BCUT2D eigenvalue weighted by molar-refractivity contribution is -0.109. The van der Waals surface area contributed by atoms with E-state index in [0.29, 0.717) is 28.6 Å². The fourth-order valence-corrected chi connectivity index (χ4v) is 1.70. The molecule has 1 rings (SSSR count). The van der Waals surface area contributed by atoms with Crippen molar-refractivity contribution >= 4 is 35.9 Å². The Bertz CT molecular complexity index is 490. The zero-order valence-electron chi connectivity index (χ0n) is 9.95. The number of carbonyl (C=O) groups is 2. The molecule has 0 spiro atoms. The van der Waals surface area contributed by atoms with Crippen molar-refractivity contribution in [3.05, 3.63) is 23.4 Å². The van der Waals surface area contributed by atoms with Crippen LogP contribution >= 0.6 is 11.9 Å². The Balaban J connectivity index is 3.49. The molecule has 0 aliphatic rings. The van der Waals surface area contributed by atoms with Gasteiger partial charge in [-0.15, -0.1) is 0 Å². The summed E-state index contributed by atoms with van der Waals surface area (Å²) < 4.78 is 0. The largest absolute Gasteiger partial charge is 0.298 e. The van der Waals surface area contributed by atoms with Crippen LogP contribution in [0.3, 0.4) is 0 Å². The summed E-state index contributed by atoms with van der Waals surface area (Å²) in [4.78, 5) is 26.2. The van der Waals surface area contributed by atoms with Crippen LogP contribution in [0.2, 0.25) is 0 Å². The number of carbonyl (C=O) groups excluding carboxylic acids is 2. The molecule has 0 aromatic carbocycles. The lowest BCUT2D eigenvalue weighted by atomic mass is 10.0. The highest BCUT2D eigenvalue weighted by atomic mass is 32.2. The van der Waals surface area contributed by atoms with Gasteiger partial charge in [-0.1, -0.05) is 0 Å². The molecule has 6 nitrogen and oxygen atoms in total. The highest BCUT2D eigenvalue weighted by Crippen LogP contribution is 2.28. The first-order valence-corrected chi connectivity index (χ1v) is 5.84. The summed E-state index contributed by atoms with van der Waals surface area (Å²) in [6, 6.07) is 1.65. The minimum Gasteiger partial charge on any atom is -0.298 e. The van der Waals surface area contributed by atoms with E-state index >= 15 is 0 Å². The van der Waals surface area contributed by atoms with Crippen LogP contribution in [0.5, 0.6) is 0 Å². The molecule has 0 bridgehead atoms.